The van der Waals surface area contributed by atoms with Crippen molar-refractivity contribution in [3.05, 3.63) is 88.5 Å². The molecule has 0 radical (unpaired) electrons. The molecule has 0 saturated carbocycles. The van der Waals surface area contributed by atoms with E-state index in [0.717, 1.165) is 41.2 Å². The maximum absolute atomic E-state index is 14.0. The fraction of sp³-hybridized carbons (Fsp3) is 0.333. The monoisotopic (exact) mass is 608 g/mol. The zero-order valence-electron chi connectivity index (χ0n) is 26.3. The van der Waals surface area contributed by atoms with E-state index < -0.39 is 0 Å². The highest BCUT2D eigenvalue weighted by molar-refractivity contribution is 8.18. The van der Waals surface area contributed by atoms with Crippen molar-refractivity contribution >= 4 is 51.2 Å². The number of nitrogens with zero attached hydrogens (tertiary/aromatic N) is 3. The number of aromatic amines is 1. The number of thioether (sulfide) groups is 1. The highest BCUT2D eigenvalue weighted by atomic mass is 32.2. The van der Waals surface area contributed by atoms with E-state index in [1.165, 1.54) is 34.0 Å². The first-order valence-corrected chi connectivity index (χ1v) is 16.0. The molecule has 1 fully saturated rings. The number of amidine groups is 1. The second-order valence-corrected chi connectivity index (χ2v) is 13.1. The highest BCUT2D eigenvalue weighted by Gasteiger charge is 2.37. The smallest absolute Gasteiger partial charge is 0.266 e. The van der Waals surface area contributed by atoms with Crippen molar-refractivity contribution in [2.75, 3.05) is 32.2 Å². The molecule has 0 spiro atoms. The summed E-state index contributed by atoms with van der Waals surface area (Å²) in [6.07, 6.45) is 5.78. The van der Waals surface area contributed by atoms with E-state index in [1.54, 1.807) is 19.1 Å². The van der Waals surface area contributed by atoms with Crippen LogP contribution < -0.4 is 14.4 Å². The normalized spacial score (nSPS) is 19.7. The van der Waals surface area contributed by atoms with Gasteiger partial charge in [-0.2, -0.15) is 0 Å². The van der Waals surface area contributed by atoms with Crippen molar-refractivity contribution in [3.63, 3.8) is 0 Å². The first-order valence-electron chi connectivity index (χ1n) is 15.2. The van der Waals surface area contributed by atoms with Crippen molar-refractivity contribution in [1.82, 2.24) is 9.88 Å². The van der Waals surface area contributed by atoms with Gasteiger partial charge in [0.1, 0.15) is 11.5 Å². The minimum Gasteiger partial charge on any atom is -0.497 e. The number of methoxy groups -OCH3 is 2. The van der Waals surface area contributed by atoms with E-state index in [9.17, 15) is 4.79 Å². The van der Waals surface area contributed by atoms with Gasteiger partial charge in [0, 0.05) is 53.0 Å². The predicted molar refractivity (Wildman–Crippen MR) is 182 cm³/mol. The van der Waals surface area contributed by atoms with Gasteiger partial charge in [0.05, 0.1) is 24.8 Å². The topological polar surface area (TPSA) is 70.2 Å². The fourth-order valence-electron chi connectivity index (χ4n) is 6.68. The number of ether oxygens (including phenoxy) is 2. The Balaban J connectivity index is 1.36. The Bertz CT molecular complexity index is 1760. The van der Waals surface area contributed by atoms with Crippen LogP contribution in [0, 0.1) is 0 Å². The van der Waals surface area contributed by atoms with E-state index >= 15 is 0 Å². The number of aromatic nitrogens is 1. The van der Waals surface area contributed by atoms with Gasteiger partial charge in [0.25, 0.3) is 5.91 Å². The molecule has 0 aliphatic carbocycles. The van der Waals surface area contributed by atoms with Gasteiger partial charge in [0.15, 0.2) is 5.17 Å². The van der Waals surface area contributed by atoms with Gasteiger partial charge in [-0.25, -0.2) is 4.99 Å². The predicted octanol–water partition coefficient (Wildman–Crippen LogP) is 8.14. The van der Waals surface area contributed by atoms with Gasteiger partial charge in [-0.1, -0.05) is 25.1 Å². The molecule has 1 saturated heterocycles. The molecule has 44 heavy (non-hydrogen) atoms. The standard InChI is InChI=1S/C36H40N4O3S/c1-7-40-31-20-32(43-6)25(18-29(31)23(2)21-36(40,3)4)19-33-34(41)39(17-16-24-22-37-30-11-9-8-10-28(24)30)35(44-33)38-26-12-14-27(42-5)15-13-26/h8-15,18-20,22-23,37H,7,16-17,21H2,1-6H3/b33-19+,38-35?. The average molecular weight is 609 g/mol. The zero-order valence-corrected chi connectivity index (χ0v) is 27.1. The van der Waals surface area contributed by atoms with Crippen LogP contribution in [0.15, 0.2) is 76.8 Å². The van der Waals surface area contributed by atoms with Crippen LogP contribution in [0.1, 0.15) is 56.7 Å². The average Bonchev–Trinajstić information content (AvgIpc) is 3.56. The number of rotatable bonds is 8. The number of anilines is 1. The van der Waals surface area contributed by atoms with Crippen LogP contribution in [-0.2, 0) is 11.2 Å². The molecule has 3 aromatic carbocycles. The quantitative estimate of drug-likeness (QED) is 0.205. The molecule has 2 aliphatic rings. The Morgan fingerprint density at radius 3 is 2.59 bits per heavy atom. The highest BCUT2D eigenvalue weighted by Crippen LogP contribution is 2.46. The first-order chi connectivity index (χ1) is 21.2. The summed E-state index contributed by atoms with van der Waals surface area (Å²) in [5.74, 6) is 1.86. The van der Waals surface area contributed by atoms with Crippen LogP contribution in [0.5, 0.6) is 11.5 Å². The summed E-state index contributed by atoms with van der Waals surface area (Å²) < 4.78 is 11.2. The van der Waals surface area contributed by atoms with E-state index in [1.807, 2.05) is 48.7 Å². The molecule has 7 nitrogen and oxygen atoms in total. The maximum Gasteiger partial charge on any atom is 0.266 e. The lowest BCUT2D eigenvalue weighted by Crippen LogP contribution is -2.48. The van der Waals surface area contributed by atoms with Gasteiger partial charge >= 0.3 is 0 Å². The van der Waals surface area contributed by atoms with Gasteiger partial charge < -0.3 is 19.4 Å². The van der Waals surface area contributed by atoms with E-state index in [-0.39, 0.29) is 11.4 Å². The van der Waals surface area contributed by atoms with Crippen molar-refractivity contribution in [3.8, 4) is 11.5 Å². The molecular formula is C36H40N4O3S. The minimum atomic E-state index is -0.0498. The molecule has 4 aromatic rings. The van der Waals surface area contributed by atoms with Gasteiger partial charge in [0.2, 0.25) is 0 Å². The van der Waals surface area contributed by atoms with Crippen molar-refractivity contribution < 1.29 is 14.3 Å². The lowest BCUT2D eigenvalue weighted by molar-refractivity contribution is -0.122. The third kappa shape index (κ3) is 5.59. The van der Waals surface area contributed by atoms with Crippen LogP contribution in [-0.4, -0.2) is 53.8 Å². The zero-order chi connectivity index (χ0) is 31.0. The molecular weight excluding hydrogens is 568 g/mol. The molecule has 1 atom stereocenters. The molecule has 228 valence electrons. The summed E-state index contributed by atoms with van der Waals surface area (Å²) in [5.41, 5.74) is 6.50. The Morgan fingerprint density at radius 1 is 1.09 bits per heavy atom. The summed E-state index contributed by atoms with van der Waals surface area (Å²) in [7, 11) is 3.34. The molecule has 0 bridgehead atoms. The second kappa shape index (κ2) is 12.1. The number of nitrogens with one attached hydrogen (secondary N) is 1. The molecule has 1 amide bonds. The van der Waals surface area contributed by atoms with Gasteiger partial charge in [-0.3, -0.25) is 9.69 Å². The van der Waals surface area contributed by atoms with Crippen molar-refractivity contribution in [2.24, 2.45) is 4.99 Å². The van der Waals surface area contributed by atoms with Crippen LogP contribution >= 0.6 is 11.8 Å². The third-order valence-corrected chi connectivity index (χ3v) is 9.81. The number of fused-ring (bicyclic) bond motifs is 2. The van der Waals surface area contributed by atoms with Crippen LogP contribution in [0.3, 0.4) is 0 Å². The summed E-state index contributed by atoms with van der Waals surface area (Å²) in [5, 5.41) is 1.84. The molecule has 1 aromatic heterocycles. The number of aliphatic imine (C=N–C) groups is 1. The Morgan fingerprint density at radius 2 is 1.86 bits per heavy atom. The van der Waals surface area contributed by atoms with E-state index in [0.29, 0.717) is 29.0 Å². The Labute approximate surface area is 264 Å². The van der Waals surface area contributed by atoms with Crippen LogP contribution in [0.25, 0.3) is 17.0 Å². The number of para-hydroxylation sites is 1. The SMILES string of the molecule is CCN1c2cc(OC)c(/C=C3/SC(=Nc4ccc(OC)cc4)N(CCc4c[nH]c5ccccc45)C3=O)cc2C(C)CC1(C)C. The molecule has 2 aliphatic heterocycles. The summed E-state index contributed by atoms with van der Waals surface area (Å²) >= 11 is 1.41. The third-order valence-electron chi connectivity index (χ3n) is 8.80. The minimum absolute atomic E-state index is 0.0498. The van der Waals surface area contributed by atoms with Crippen molar-refractivity contribution in [2.45, 2.75) is 52.0 Å². The van der Waals surface area contributed by atoms with Gasteiger partial charge in [-0.05, 0) is 105 Å². The Kier molecular flexibility index (Phi) is 8.20. The van der Waals surface area contributed by atoms with E-state index in [2.05, 4.69) is 61.8 Å². The van der Waals surface area contributed by atoms with Crippen molar-refractivity contribution in [1.29, 1.82) is 0 Å². The van der Waals surface area contributed by atoms with E-state index in [4.69, 9.17) is 14.5 Å². The summed E-state index contributed by atoms with van der Waals surface area (Å²) in [6, 6.07) is 20.2. The lowest BCUT2D eigenvalue weighted by Gasteiger charge is -2.47. The Hall–Kier alpha value is -4.17. The summed E-state index contributed by atoms with van der Waals surface area (Å²) in [6.45, 7) is 10.5. The molecule has 1 unspecified atom stereocenters. The molecule has 3 heterocycles. The second-order valence-electron chi connectivity index (χ2n) is 12.1. The number of hydrogen-bond donors (Lipinski definition) is 1. The number of carbonyl (C=O) groups is 1. The summed E-state index contributed by atoms with van der Waals surface area (Å²) in [4.78, 5) is 27.2. The van der Waals surface area contributed by atoms with Gasteiger partial charge in [-0.15, -0.1) is 0 Å². The first kappa shape index (κ1) is 29.9. The number of benzene rings is 3. The lowest BCUT2D eigenvalue weighted by atomic mass is 9.79. The molecule has 8 heteroatoms. The fourth-order valence-corrected chi connectivity index (χ4v) is 7.70. The van der Waals surface area contributed by atoms with Crippen LogP contribution in [0.4, 0.5) is 11.4 Å². The molecule has 6 rings (SSSR count). The number of amides is 1. The maximum atomic E-state index is 14.0. The van der Waals surface area contributed by atoms with Crippen LogP contribution in [0.2, 0.25) is 0 Å². The number of hydrogen-bond acceptors (Lipinski definition) is 6. The number of H-pyrrole nitrogens is 1. The molecule has 1 N–H and O–H groups in total. The largest absolute Gasteiger partial charge is 0.497 e. The number of carbonyl (C=O) groups excluding carboxylic acids is 1.